The summed E-state index contributed by atoms with van der Waals surface area (Å²) in [6.07, 6.45) is 0. The Bertz CT molecular complexity index is 715. The molecule has 0 spiro atoms. The average Bonchev–Trinajstić information content (AvgIpc) is 2.48. The topological polar surface area (TPSA) is 55.7 Å². The fraction of sp³-hybridized carbons (Fsp3) is 0.0714. The van der Waals surface area contributed by atoms with Crippen LogP contribution in [0.3, 0.4) is 0 Å². The standard InChI is InChI=1S/C14H10F3NO3S/c15-14(16,17)22(19,20)21-18-13(11-7-3-1-4-8-11)12-9-5-2-6-10-12/h1-10H. The molecule has 0 N–H and O–H groups in total. The van der Waals surface area contributed by atoms with Gasteiger partial charge in [-0.2, -0.15) is 21.6 Å². The first kappa shape index (κ1) is 16.0. The number of halogens is 3. The molecule has 0 aromatic heterocycles. The molecule has 2 aromatic carbocycles. The molecule has 0 amide bonds. The molecule has 0 saturated carbocycles. The van der Waals surface area contributed by atoms with Crippen LogP contribution in [0.25, 0.3) is 0 Å². The van der Waals surface area contributed by atoms with Crippen molar-refractivity contribution in [2.75, 3.05) is 0 Å². The van der Waals surface area contributed by atoms with Gasteiger partial charge in [-0.1, -0.05) is 65.8 Å². The monoisotopic (exact) mass is 329 g/mol. The molecule has 0 atom stereocenters. The van der Waals surface area contributed by atoms with Crippen LogP contribution in [-0.4, -0.2) is 19.6 Å². The predicted molar refractivity (Wildman–Crippen MR) is 74.6 cm³/mol. The molecule has 22 heavy (non-hydrogen) atoms. The van der Waals surface area contributed by atoms with Gasteiger partial charge in [0.1, 0.15) is 5.71 Å². The summed E-state index contributed by atoms with van der Waals surface area (Å²) in [5, 5.41) is 3.21. The van der Waals surface area contributed by atoms with Gasteiger partial charge in [0.15, 0.2) is 0 Å². The second-order valence-corrected chi connectivity index (χ2v) is 5.67. The molecule has 116 valence electrons. The number of hydrogen-bond donors (Lipinski definition) is 0. The van der Waals surface area contributed by atoms with Gasteiger partial charge in [0, 0.05) is 11.1 Å². The van der Waals surface area contributed by atoms with E-state index >= 15 is 0 Å². The lowest BCUT2D eigenvalue weighted by Gasteiger charge is -2.08. The molecule has 0 heterocycles. The normalized spacial score (nSPS) is 11.8. The van der Waals surface area contributed by atoms with Crippen LogP contribution in [0.2, 0.25) is 0 Å². The van der Waals surface area contributed by atoms with Gasteiger partial charge in [0.2, 0.25) is 0 Å². The number of rotatable bonds is 4. The Morgan fingerprint density at radius 1 is 0.864 bits per heavy atom. The Morgan fingerprint density at radius 3 is 1.64 bits per heavy atom. The lowest BCUT2D eigenvalue weighted by molar-refractivity contribution is -0.0540. The number of hydrogen-bond acceptors (Lipinski definition) is 4. The van der Waals surface area contributed by atoms with Gasteiger partial charge in [0.05, 0.1) is 0 Å². The Morgan fingerprint density at radius 2 is 1.27 bits per heavy atom. The van der Waals surface area contributed by atoms with E-state index in [2.05, 4.69) is 9.44 Å². The molecule has 4 nitrogen and oxygen atoms in total. The van der Waals surface area contributed by atoms with Crippen LogP contribution in [0, 0.1) is 0 Å². The summed E-state index contributed by atoms with van der Waals surface area (Å²) in [6, 6.07) is 16.3. The maximum atomic E-state index is 12.3. The SMILES string of the molecule is O=S(=O)(ON=C(c1ccccc1)c1ccccc1)C(F)(F)F. The van der Waals surface area contributed by atoms with Crippen LogP contribution in [0.15, 0.2) is 65.8 Å². The first-order valence-corrected chi connectivity index (χ1v) is 7.41. The molecule has 2 rings (SSSR count). The van der Waals surface area contributed by atoms with Crippen LogP contribution in [-0.2, 0) is 14.4 Å². The van der Waals surface area contributed by atoms with E-state index < -0.39 is 15.6 Å². The molecule has 0 unspecified atom stereocenters. The van der Waals surface area contributed by atoms with E-state index in [9.17, 15) is 21.6 Å². The third kappa shape index (κ3) is 3.64. The van der Waals surface area contributed by atoms with E-state index in [1.807, 2.05) is 0 Å². The summed E-state index contributed by atoms with van der Waals surface area (Å²) < 4.78 is 62.6. The Hall–Kier alpha value is -2.35. The smallest absolute Gasteiger partial charge is 0.261 e. The van der Waals surface area contributed by atoms with E-state index in [0.717, 1.165) is 0 Å². The highest BCUT2D eigenvalue weighted by molar-refractivity contribution is 7.87. The minimum absolute atomic E-state index is 0.0194. The zero-order valence-electron chi connectivity index (χ0n) is 11.0. The van der Waals surface area contributed by atoms with Gasteiger partial charge in [-0.15, -0.1) is 0 Å². The number of benzene rings is 2. The van der Waals surface area contributed by atoms with Crippen LogP contribution >= 0.6 is 0 Å². The second-order valence-electron chi connectivity index (χ2n) is 4.15. The maximum Gasteiger partial charge on any atom is 0.536 e. The molecule has 0 aliphatic rings. The summed E-state index contributed by atoms with van der Waals surface area (Å²) in [4.78, 5) is 0. The number of nitrogens with zero attached hydrogens (tertiary/aromatic N) is 1. The van der Waals surface area contributed by atoms with Gasteiger partial charge in [-0.05, 0) is 0 Å². The number of alkyl halides is 3. The van der Waals surface area contributed by atoms with Crippen molar-refractivity contribution >= 4 is 15.8 Å². The quantitative estimate of drug-likeness (QED) is 0.491. The molecule has 0 aliphatic carbocycles. The summed E-state index contributed by atoms with van der Waals surface area (Å²) in [7, 11) is -5.80. The largest absolute Gasteiger partial charge is 0.536 e. The molecular formula is C14H10F3NO3S. The minimum Gasteiger partial charge on any atom is -0.261 e. The summed E-state index contributed by atoms with van der Waals surface area (Å²) in [6.45, 7) is 0. The third-order valence-corrected chi connectivity index (χ3v) is 3.44. The minimum atomic E-state index is -5.80. The first-order valence-electron chi connectivity index (χ1n) is 6.00. The summed E-state index contributed by atoms with van der Waals surface area (Å²) >= 11 is 0. The van der Waals surface area contributed by atoms with Crippen molar-refractivity contribution in [3.63, 3.8) is 0 Å². The lowest BCUT2D eigenvalue weighted by Crippen LogP contribution is -2.24. The van der Waals surface area contributed by atoms with E-state index in [1.54, 1.807) is 60.7 Å². The van der Waals surface area contributed by atoms with Crippen LogP contribution in [0.1, 0.15) is 11.1 Å². The van der Waals surface area contributed by atoms with Gasteiger partial charge in [0.25, 0.3) is 0 Å². The lowest BCUT2D eigenvalue weighted by atomic mass is 10.0. The molecule has 0 fully saturated rings. The Balaban J connectivity index is 2.45. The molecule has 2 aromatic rings. The zero-order chi connectivity index (χ0) is 16.2. The first-order chi connectivity index (χ1) is 10.3. The van der Waals surface area contributed by atoms with Gasteiger partial charge in [-0.3, -0.25) is 4.28 Å². The van der Waals surface area contributed by atoms with E-state index in [1.165, 1.54) is 0 Å². The van der Waals surface area contributed by atoms with Crippen molar-refractivity contribution in [1.82, 2.24) is 0 Å². The summed E-state index contributed by atoms with van der Waals surface area (Å²) in [5.41, 5.74) is -4.71. The number of oxime groups is 1. The Labute approximate surface area is 125 Å². The molecule has 0 aliphatic heterocycles. The second kappa shape index (κ2) is 6.18. The fourth-order valence-electron chi connectivity index (χ4n) is 1.59. The van der Waals surface area contributed by atoms with E-state index in [-0.39, 0.29) is 5.71 Å². The summed E-state index contributed by atoms with van der Waals surface area (Å²) in [5.74, 6) is 0. The van der Waals surface area contributed by atoms with Crippen LogP contribution < -0.4 is 0 Å². The third-order valence-electron chi connectivity index (χ3n) is 2.60. The van der Waals surface area contributed by atoms with Crippen molar-refractivity contribution in [1.29, 1.82) is 0 Å². The zero-order valence-corrected chi connectivity index (χ0v) is 11.8. The molecular weight excluding hydrogens is 319 g/mol. The average molecular weight is 329 g/mol. The van der Waals surface area contributed by atoms with Gasteiger partial charge >= 0.3 is 15.6 Å². The molecule has 0 saturated heterocycles. The Kier molecular flexibility index (Phi) is 4.51. The maximum absolute atomic E-state index is 12.3. The highest BCUT2D eigenvalue weighted by Crippen LogP contribution is 2.25. The van der Waals surface area contributed by atoms with Gasteiger partial charge < -0.3 is 0 Å². The molecule has 8 heteroatoms. The van der Waals surface area contributed by atoms with Crippen molar-refractivity contribution < 1.29 is 25.9 Å². The van der Waals surface area contributed by atoms with Crippen LogP contribution in [0.5, 0.6) is 0 Å². The van der Waals surface area contributed by atoms with E-state index in [0.29, 0.717) is 11.1 Å². The van der Waals surface area contributed by atoms with Crippen molar-refractivity contribution in [3.05, 3.63) is 71.8 Å². The van der Waals surface area contributed by atoms with Crippen molar-refractivity contribution in [3.8, 4) is 0 Å². The van der Waals surface area contributed by atoms with Crippen molar-refractivity contribution in [2.24, 2.45) is 5.16 Å². The fourth-order valence-corrected chi connectivity index (χ4v) is 1.85. The molecule has 0 radical (unpaired) electrons. The molecule has 0 bridgehead atoms. The van der Waals surface area contributed by atoms with Crippen molar-refractivity contribution in [2.45, 2.75) is 5.51 Å². The van der Waals surface area contributed by atoms with E-state index in [4.69, 9.17) is 0 Å². The highest BCUT2D eigenvalue weighted by atomic mass is 32.2. The highest BCUT2D eigenvalue weighted by Gasteiger charge is 2.49. The van der Waals surface area contributed by atoms with Crippen LogP contribution in [0.4, 0.5) is 13.2 Å². The predicted octanol–water partition coefficient (Wildman–Crippen LogP) is 3.31. The van der Waals surface area contributed by atoms with Gasteiger partial charge in [-0.25, -0.2) is 0 Å².